The molecule has 1 fully saturated rings. The maximum atomic E-state index is 12.9. The number of carbonyl (C=O) groups is 3. The molecule has 148 valence electrons. The maximum absolute atomic E-state index is 12.9. The number of halogens is 1. The fraction of sp³-hybridized carbons (Fsp3) is 0.100. The standard InChI is InChI=1S/C20H15BrN2O5S/c1-27-17(24)11-28-15-8-2-12(3-9-15)10-16-18(25)22-20(29)23(19(16)26)14-6-4-13(21)5-7-14/h2-10H,11H2,1H3,(H,22,25,29)/b16-10+. The minimum atomic E-state index is -0.570. The normalized spacial score (nSPS) is 15.3. The van der Waals surface area contributed by atoms with E-state index in [0.29, 0.717) is 17.0 Å². The Morgan fingerprint density at radius 3 is 2.41 bits per heavy atom. The van der Waals surface area contributed by atoms with Crippen LogP contribution in [-0.4, -0.2) is 36.6 Å². The number of amides is 2. The van der Waals surface area contributed by atoms with Gasteiger partial charge in [0.25, 0.3) is 11.8 Å². The van der Waals surface area contributed by atoms with Gasteiger partial charge in [0.1, 0.15) is 11.3 Å². The van der Waals surface area contributed by atoms with Gasteiger partial charge in [-0.3, -0.25) is 19.8 Å². The largest absolute Gasteiger partial charge is 0.482 e. The summed E-state index contributed by atoms with van der Waals surface area (Å²) in [5, 5.41) is 2.55. The van der Waals surface area contributed by atoms with Crippen LogP contribution in [0.5, 0.6) is 5.75 Å². The third-order valence-corrected chi connectivity index (χ3v) is 4.78. The fourth-order valence-electron chi connectivity index (χ4n) is 2.51. The molecule has 0 bridgehead atoms. The Labute approximate surface area is 180 Å². The Hall–Kier alpha value is -3.04. The molecule has 1 aliphatic heterocycles. The van der Waals surface area contributed by atoms with E-state index in [1.165, 1.54) is 18.1 Å². The van der Waals surface area contributed by atoms with Gasteiger partial charge >= 0.3 is 5.97 Å². The van der Waals surface area contributed by atoms with E-state index in [0.717, 1.165) is 4.47 Å². The lowest BCUT2D eigenvalue weighted by molar-refractivity contribution is -0.143. The first-order valence-electron chi connectivity index (χ1n) is 8.36. The highest BCUT2D eigenvalue weighted by Gasteiger charge is 2.34. The van der Waals surface area contributed by atoms with Gasteiger partial charge in [-0.2, -0.15) is 0 Å². The Bertz CT molecular complexity index is 1000. The van der Waals surface area contributed by atoms with Crippen molar-refractivity contribution in [3.8, 4) is 5.75 Å². The molecule has 2 amide bonds. The van der Waals surface area contributed by atoms with Gasteiger partial charge < -0.3 is 9.47 Å². The first-order chi connectivity index (χ1) is 13.9. The van der Waals surface area contributed by atoms with Crippen molar-refractivity contribution >= 4 is 62.8 Å². The van der Waals surface area contributed by atoms with E-state index in [-0.39, 0.29) is 17.3 Å². The number of rotatable bonds is 5. The van der Waals surface area contributed by atoms with Crippen molar-refractivity contribution in [3.63, 3.8) is 0 Å². The zero-order valence-corrected chi connectivity index (χ0v) is 17.6. The highest BCUT2D eigenvalue weighted by molar-refractivity contribution is 9.10. The lowest BCUT2D eigenvalue weighted by Gasteiger charge is -2.29. The van der Waals surface area contributed by atoms with Crippen molar-refractivity contribution in [1.82, 2.24) is 5.32 Å². The lowest BCUT2D eigenvalue weighted by Crippen LogP contribution is -2.54. The number of ether oxygens (including phenoxy) is 2. The third kappa shape index (κ3) is 4.87. The van der Waals surface area contributed by atoms with Crippen molar-refractivity contribution in [3.05, 3.63) is 64.1 Å². The molecule has 0 aliphatic carbocycles. The number of methoxy groups -OCH3 is 1. The van der Waals surface area contributed by atoms with Crippen molar-refractivity contribution in [2.24, 2.45) is 0 Å². The van der Waals surface area contributed by atoms with Crippen molar-refractivity contribution < 1.29 is 23.9 Å². The highest BCUT2D eigenvalue weighted by atomic mass is 79.9. The van der Waals surface area contributed by atoms with Crippen LogP contribution < -0.4 is 15.0 Å². The van der Waals surface area contributed by atoms with Crippen molar-refractivity contribution in [2.45, 2.75) is 0 Å². The van der Waals surface area contributed by atoms with Crippen LogP contribution in [0.1, 0.15) is 5.56 Å². The molecule has 1 N–H and O–H groups in total. The molecule has 29 heavy (non-hydrogen) atoms. The van der Waals surface area contributed by atoms with Gasteiger partial charge in [-0.1, -0.05) is 28.1 Å². The smallest absolute Gasteiger partial charge is 0.343 e. The van der Waals surface area contributed by atoms with E-state index in [1.54, 1.807) is 48.5 Å². The zero-order valence-electron chi connectivity index (χ0n) is 15.2. The number of nitrogens with zero attached hydrogens (tertiary/aromatic N) is 1. The molecule has 3 rings (SSSR count). The number of carbonyl (C=O) groups excluding carboxylic acids is 3. The number of esters is 1. The van der Waals surface area contributed by atoms with Gasteiger partial charge in [-0.05, 0) is 60.3 Å². The monoisotopic (exact) mass is 474 g/mol. The molecule has 1 saturated heterocycles. The van der Waals surface area contributed by atoms with Crippen LogP contribution >= 0.6 is 28.1 Å². The first kappa shape index (κ1) is 20.7. The quantitative estimate of drug-likeness (QED) is 0.310. The zero-order chi connectivity index (χ0) is 21.0. The predicted octanol–water partition coefficient (Wildman–Crippen LogP) is 2.83. The molecule has 0 aromatic heterocycles. The molecule has 0 atom stereocenters. The molecule has 1 aliphatic rings. The number of hydrogen-bond acceptors (Lipinski definition) is 6. The van der Waals surface area contributed by atoms with Gasteiger partial charge in [-0.15, -0.1) is 0 Å². The number of hydrogen-bond donors (Lipinski definition) is 1. The van der Waals surface area contributed by atoms with Gasteiger partial charge in [0.15, 0.2) is 11.7 Å². The molecule has 9 heteroatoms. The topological polar surface area (TPSA) is 84.9 Å². The average molecular weight is 475 g/mol. The molecular weight excluding hydrogens is 460 g/mol. The lowest BCUT2D eigenvalue weighted by atomic mass is 10.1. The fourth-order valence-corrected chi connectivity index (χ4v) is 3.06. The summed E-state index contributed by atoms with van der Waals surface area (Å²) >= 11 is 8.51. The minimum Gasteiger partial charge on any atom is -0.482 e. The summed E-state index contributed by atoms with van der Waals surface area (Å²) in [6.45, 7) is -0.211. The Kier molecular flexibility index (Phi) is 6.40. The van der Waals surface area contributed by atoms with E-state index < -0.39 is 17.8 Å². The number of anilines is 1. The van der Waals surface area contributed by atoms with E-state index in [9.17, 15) is 14.4 Å². The van der Waals surface area contributed by atoms with E-state index in [4.69, 9.17) is 17.0 Å². The molecule has 0 unspecified atom stereocenters. The second kappa shape index (κ2) is 8.97. The molecular formula is C20H15BrN2O5S. The van der Waals surface area contributed by atoms with E-state index in [2.05, 4.69) is 26.0 Å². The van der Waals surface area contributed by atoms with Gasteiger partial charge in [0.2, 0.25) is 0 Å². The molecule has 0 radical (unpaired) electrons. The summed E-state index contributed by atoms with van der Waals surface area (Å²) < 4.78 is 10.6. The van der Waals surface area contributed by atoms with Crippen LogP contribution in [0.2, 0.25) is 0 Å². The molecule has 0 spiro atoms. The molecule has 2 aromatic rings. The Morgan fingerprint density at radius 1 is 1.14 bits per heavy atom. The van der Waals surface area contributed by atoms with Crippen LogP contribution in [0.3, 0.4) is 0 Å². The van der Waals surface area contributed by atoms with Crippen LogP contribution in [0, 0.1) is 0 Å². The number of thiocarbonyl (C=S) groups is 1. The molecule has 7 nitrogen and oxygen atoms in total. The highest BCUT2D eigenvalue weighted by Crippen LogP contribution is 2.24. The second-order valence-electron chi connectivity index (χ2n) is 5.87. The summed E-state index contributed by atoms with van der Waals surface area (Å²) in [5.74, 6) is -1.13. The summed E-state index contributed by atoms with van der Waals surface area (Å²) in [4.78, 5) is 37.7. The van der Waals surface area contributed by atoms with Crippen molar-refractivity contribution in [1.29, 1.82) is 0 Å². The summed E-state index contributed by atoms with van der Waals surface area (Å²) in [5.41, 5.74) is 1.10. The second-order valence-corrected chi connectivity index (χ2v) is 7.17. The summed E-state index contributed by atoms with van der Waals surface area (Å²) in [7, 11) is 1.27. The Balaban J connectivity index is 1.82. The summed E-state index contributed by atoms with van der Waals surface area (Å²) in [6.07, 6.45) is 1.47. The molecule has 2 aromatic carbocycles. The van der Waals surface area contributed by atoms with E-state index >= 15 is 0 Å². The number of benzene rings is 2. The average Bonchev–Trinajstić information content (AvgIpc) is 2.71. The first-order valence-corrected chi connectivity index (χ1v) is 9.56. The van der Waals surface area contributed by atoms with E-state index in [1.807, 2.05) is 0 Å². The van der Waals surface area contributed by atoms with Gasteiger partial charge in [0, 0.05) is 4.47 Å². The molecule has 1 heterocycles. The van der Waals surface area contributed by atoms with Crippen LogP contribution in [0.4, 0.5) is 5.69 Å². The maximum Gasteiger partial charge on any atom is 0.343 e. The van der Waals surface area contributed by atoms with Crippen LogP contribution in [-0.2, 0) is 19.1 Å². The van der Waals surface area contributed by atoms with Crippen LogP contribution in [0.25, 0.3) is 6.08 Å². The third-order valence-electron chi connectivity index (χ3n) is 3.96. The minimum absolute atomic E-state index is 0.0195. The van der Waals surface area contributed by atoms with Crippen LogP contribution in [0.15, 0.2) is 58.6 Å². The van der Waals surface area contributed by atoms with Gasteiger partial charge in [0.05, 0.1) is 12.8 Å². The Morgan fingerprint density at radius 2 is 1.79 bits per heavy atom. The molecule has 0 saturated carbocycles. The van der Waals surface area contributed by atoms with Crippen molar-refractivity contribution in [2.75, 3.05) is 18.6 Å². The van der Waals surface area contributed by atoms with Gasteiger partial charge in [-0.25, -0.2) is 4.79 Å². The number of nitrogens with one attached hydrogen (secondary N) is 1. The summed E-state index contributed by atoms with van der Waals surface area (Å²) in [6, 6.07) is 13.6. The SMILES string of the molecule is COC(=O)COc1ccc(/C=C2\C(=O)NC(=S)N(c3ccc(Br)cc3)C2=O)cc1. The predicted molar refractivity (Wildman–Crippen MR) is 114 cm³/mol.